The fourth-order valence-corrected chi connectivity index (χ4v) is 3.35. The Hall–Kier alpha value is -3.81. The summed E-state index contributed by atoms with van der Waals surface area (Å²) in [6, 6.07) is 18.5. The maximum absolute atomic E-state index is 13.2. The molecule has 0 bridgehead atoms. The molecule has 8 heteroatoms. The highest BCUT2D eigenvalue weighted by atomic mass is 19.4. The normalized spacial score (nSPS) is 13.4. The van der Waals surface area contributed by atoms with E-state index in [1.807, 2.05) is 30.3 Å². The molecule has 0 unspecified atom stereocenters. The number of carbonyl (C=O) groups excluding carboxylic acids is 2. The van der Waals surface area contributed by atoms with Crippen molar-refractivity contribution < 1.29 is 27.5 Å². The Morgan fingerprint density at radius 3 is 2.45 bits per heavy atom. The number of amides is 2. The van der Waals surface area contributed by atoms with Crippen LogP contribution in [0.5, 0.6) is 5.75 Å². The van der Waals surface area contributed by atoms with Gasteiger partial charge >= 0.3 is 6.18 Å². The summed E-state index contributed by atoms with van der Waals surface area (Å²) in [5, 5.41) is 2.49. The molecule has 2 amide bonds. The van der Waals surface area contributed by atoms with Gasteiger partial charge in [-0.3, -0.25) is 9.59 Å². The van der Waals surface area contributed by atoms with Crippen LogP contribution in [0.25, 0.3) is 0 Å². The van der Waals surface area contributed by atoms with Gasteiger partial charge in [0.1, 0.15) is 5.75 Å². The van der Waals surface area contributed by atoms with Crippen molar-refractivity contribution in [3.05, 3.63) is 89.5 Å². The van der Waals surface area contributed by atoms with E-state index in [9.17, 15) is 22.8 Å². The third-order valence-corrected chi connectivity index (χ3v) is 4.82. The molecule has 3 aromatic carbocycles. The SMILES string of the molecule is O=C(Nc1ccc2c(c1)N(Cc1ccccc1)C(=O)CO2)c1ccccc1C(F)(F)F. The summed E-state index contributed by atoms with van der Waals surface area (Å²) in [4.78, 5) is 26.5. The minimum absolute atomic E-state index is 0.121. The van der Waals surface area contributed by atoms with E-state index in [4.69, 9.17) is 4.74 Å². The van der Waals surface area contributed by atoms with Gasteiger partial charge in [-0.1, -0.05) is 42.5 Å². The second-order valence-electron chi connectivity index (χ2n) is 6.93. The molecule has 3 aromatic rings. The van der Waals surface area contributed by atoms with Crippen LogP contribution < -0.4 is 15.0 Å². The average molecular weight is 426 g/mol. The first kappa shape index (κ1) is 20.5. The van der Waals surface area contributed by atoms with Gasteiger partial charge < -0.3 is 15.0 Å². The Kier molecular flexibility index (Phi) is 5.37. The molecule has 1 heterocycles. The number of carbonyl (C=O) groups is 2. The number of nitrogens with zero attached hydrogens (tertiary/aromatic N) is 1. The summed E-state index contributed by atoms with van der Waals surface area (Å²) in [6.07, 6.45) is -4.66. The molecule has 1 N–H and O–H groups in total. The van der Waals surface area contributed by atoms with Gasteiger partial charge in [-0.2, -0.15) is 13.2 Å². The van der Waals surface area contributed by atoms with E-state index in [1.54, 1.807) is 6.07 Å². The minimum atomic E-state index is -4.66. The van der Waals surface area contributed by atoms with E-state index in [-0.39, 0.29) is 18.2 Å². The summed E-state index contributed by atoms with van der Waals surface area (Å²) >= 11 is 0. The molecular weight excluding hydrogens is 409 g/mol. The molecule has 0 saturated carbocycles. The summed E-state index contributed by atoms with van der Waals surface area (Å²) in [7, 11) is 0. The highest BCUT2D eigenvalue weighted by Gasteiger charge is 2.35. The van der Waals surface area contributed by atoms with Gasteiger partial charge in [0, 0.05) is 5.69 Å². The Balaban J connectivity index is 1.62. The van der Waals surface area contributed by atoms with E-state index in [0.29, 0.717) is 18.0 Å². The zero-order chi connectivity index (χ0) is 22.0. The second kappa shape index (κ2) is 8.14. The molecular formula is C23H17F3N2O3. The first-order valence-corrected chi connectivity index (χ1v) is 9.41. The Labute approximate surface area is 176 Å². The standard InChI is InChI=1S/C23H17F3N2O3/c24-23(25,26)18-9-5-4-8-17(18)22(30)27-16-10-11-20-19(12-16)28(21(29)14-31-20)13-15-6-2-1-3-7-15/h1-12H,13-14H2,(H,27,30). The maximum Gasteiger partial charge on any atom is 0.417 e. The quantitative estimate of drug-likeness (QED) is 0.647. The van der Waals surface area contributed by atoms with Crippen molar-refractivity contribution in [2.45, 2.75) is 12.7 Å². The summed E-state index contributed by atoms with van der Waals surface area (Å²) in [6.45, 7) is 0.175. The van der Waals surface area contributed by atoms with Crippen LogP contribution in [0.4, 0.5) is 24.5 Å². The van der Waals surface area contributed by atoms with Crippen molar-refractivity contribution in [1.29, 1.82) is 0 Å². The van der Waals surface area contributed by atoms with Crippen LogP contribution in [-0.2, 0) is 17.5 Å². The molecule has 0 fully saturated rings. The van der Waals surface area contributed by atoms with Crippen molar-refractivity contribution in [2.75, 3.05) is 16.8 Å². The van der Waals surface area contributed by atoms with Crippen LogP contribution in [0.1, 0.15) is 21.5 Å². The molecule has 1 aliphatic heterocycles. The zero-order valence-electron chi connectivity index (χ0n) is 16.1. The molecule has 1 aliphatic rings. The summed E-state index contributed by atoms with van der Waals surface area (Å²) < 4.78 is 45.2. The fraction of sp³-hybridized carbons (Fsp3) is 0.130. The topological polar surface area (TPSA) is 58.6 Å². The fourth-order valence-electron chi connectivity index (χ4n) is 3.35. The first-order valence-electron chi connectivity index (χ1n) is 9.41. The number of fused-ring (bicyclic) bond motifs is 1. The van der Waals surface area contributed by atoms with Crippen LogP contribution in [0, 0.1) is 0 Å². The lowest BCUT2D eigenvalue weighted by Crippen LogP contribution is -2.38. The predicted molar refractivity (Wildman–Crippen MR) is 109 cm³/mol. The lowest BCUT2D eigenvalue weighted by molar-refractivity contribution is -0.137. The van der Waals surface area contributed by atoms with Crippen molar-refractivity contribution >= 4 is 23.2 Å². The number of rotatable bonds is 4. The largest absolute Gasteiger partial charge is 0.482 e. The second-order valence-corrected chi connectivity index (χ2v) is 6.93. The van der Waals surface area contributed by atoms with Gasteiger partial charge in [-0.15, -0.1) is 0 Å². The van der Waals surface area contributed by atoms with Crippen LogP contribution in [0.2, 0.25) is 0 Å². The zero-order valence-corrected chi connectivity index (χ0v) is 16.1. The third-order valence-electron chi connectivity index (χ3n) is 4.82. The van der Waals surface area contributed by atoms with Crippen molar-refractivity contribution in [1.82, 2.24) is 0 Å². The van der Waals surface area contributed by atoms with Gasteiger partial charge in [-0.05, 0) is 35.9 Å². The van der Waals surface area contributed by atoms with E-state index in [0.717, 1.165) is 17.7 Å². The number of anilines is 2. The smallest absolute Gasteiger partial charge is 0.417 e. The molecule has 5 nitrogen and oxygen atoms in total. The van der Waals surface area contributed by atoms with Crippen molar-refractivity contribution in [3.63, 3.8) is 0 Å². The maximum atomic E-state index is 13.2. The molecule has 0 radical (unpaired) electrons. The van der Waals surface area contributed by atoms with Crippen molar-refractivity contribution in [2.24, 2.45) is 0 Å². The Morgan fingerprint density at radius 2 is 1.71 bits per heavy atom. The molecule has 0 aliphatic carbocycles. The number of hydrogen-bond donors (Lipinski definition) is 1. The van der Waals surface area contributed by atoms with Gasteiger partial charge in [0.15, 0.2) is 6.61 Å². The molecule has 0 atom stereocenters. The number of nitrogens with one attached hydrogen (secondary N) is 1. The van der Waals surface area contributed by atoms with E-state index in [1.165, 1.54) is 29.2 Å². The number of ether oxygens (including phenoxy) is 1. The van der Waals surface area contributed by atoms with Crippen LogP contribution in [0.15, 0.2) is 72.8 Å². The van der Waals surface area contributed by atoms with Crippen LogP contribution >= 0.6 is 0 Å². The number of benzene rings is 3. The summed E-state index contributed by atoms with van der Waals surface area (Å²) in [5.74, 6) is -0.711. The number of hydrogen-bond acceptors (Lipinski definition) is 3. The Bertz CT molecular complexity index is 1130. The minimum Gasteiger partial charge on any atom is -0.482 e. The summed E-state index contributed by atoms with van der Waals surface area (Å²) in [5.41, 5.74) is 0.0761. The molecule has 4 rings (SSSR count). The third kappa shape index (κ3) is 4.37. The van der Waals surface area contributed by atoms with E-state index < -0.39 is 23.2 Å². The van der Waals surface area contributed by atoms with Gasteiger partial charge in [-0.25, -0.2) is 0 Å². The van der Waals surface area contributed by atoms with Crippen LogP contribution in [-0.4, -0.2) is 18.4 Å². The van der Waals surface area contributed by atoms with Gasteiger partial charge in [0.2, 0.25) is 0 Å². The van der Waals surface area contributed by atoms with E-state index in [2.05, 4.69) is 5.32 Å². The number of halogens is 3. The lowest BCUT2D eigenvalue weighted by atomic mass is 10.1. The predicted octanol–water partition coefficient (Wildman–Crippen LogP) is 4.88. The lowest BCUT2D eigenvalue weighted by Gasteiger charge is -2.30. The highest BCUT2D eigenvalue weighted by molar-refractivity contribution is 6.06. The molecule has 31 heavy (non-hydrogen) atoms. The van der Waals surface area contributed by atoms with Crippen LogP contribution in [0.3, 0.4) is 0 Å². The first-order chi connectivity index (χ1) is 14.8. The average Bonchev–Trinajstić information content (AvgIpc) is 2.76. The molecule has 0 saturated heterocycles. The van der Waals surface area contributed by atoms with Crippen molar-refractivity contribution in [3.8, 4) is 5.75 Å². The monoisotopic (exact) mass is 426 g/mol. The molecule has 0 aromatic heterocycles. The van der Waals surface area contributed by atoms with Gasteiger partial charge in [0.25, 0.3) is 11.8 Å². The highest BCUT2D eigenvalue weighted by Crippen LogP contribution is 2.36. The van der Waals surface area contributed by atoms with Gasteiger partial charge in [0.05, 0.1) is 23.4 Å². The Morgan fingerprint density at radius 1 is 1.00 bits per heavy atom. The molecule has 0 spiro atoms. The van der Waals surface area contributed by atoms with E-state index >= 15 is 0 Å². The number of alkyl halides is 3. The molecule has 158 valence electrons.